The van der Waals surface area contributed by atoms with Gasteiger partial charge in [-0.3, -0.25) is 15.1 Å². The van der Waals surface area contributed by atoms with Crippen molar-refractivity contribution in [3.8, 4) is 5.75 Å². The molecule has 1 unspecified atom stereocenters. The van der Waals surface area contributed by atoms with Gasteiger partial charge in [-0.1, -0.05) is 24.3 Å². The molecule has 1 fully saturated rings. The second kappa shape index (κ2) is 9.64. The molecule has 0 spiro atoms. The Balaban J connectivity index is 1.54. The predicted octanol–water partition coefficient (Wildman–Crippen LogP) is 1.79. The number of methoxy groups -OCH3 is 1. The zero-order valence-electron chi connectivity index (χ0n) is 16.6. The molecule has 9 heteroatoms. The molecule has 0 saturated carbocycles. The Labute approximate surface area is 174 Å². The summed E-state index contributed by atoms with van der Waals surface area (Å²) in [6.45, 7) is 1.00. The van der Waals surface area contributed by atoms with E-state index in [4.69, 9.17) is 20.6 Å². The molecule has 0 radical (unpaired) electrons. The Bertz CT molecular complexity index is 916. The van der Waals surface area contributed by atoms with E-state index in [1.165, 1.54) is 7.11 Å². The largest absolute Gasteiger partial charge is 0.490 e. The van der Waals surface area contributed by atoms with Crippen LogP contribution in [0.15, 0.2) is 48.5 Å². The summed E-state index contributed by atoms with van der Waals surface area (Å²) in [6, 6.07) is 14.5. The van der Waals surface area contributed by atoms with E-state index in [9.17, 15) is 9.59 Å². The van der Waals surface area contributed by atoms with Crippen molar-refractivity contribution in [2.45, 2.75) is 19.1 Å². The summed E-state index contributed by atoms with van der Waals surface area (Å²) in [4.78, 5) is 25.2. The van der Waals surface area contributed by atoms with Gasteiger partial charge in [-0.05, 0) is 35.4 Å². The van der Waals surface area contributed by atoms with Gasteiger partial charge in [0.1, 0.15) is 12.4 Å². The average Bonchev–Trinajstić information content (AvgIpc) is 3.12. The fourth-order valence-electron chi connectivity index (χ4n) is 2.98. The molecule has 0 aromatic heterocycles. The molecule has 1 saturated heterocycles. The summed E-state index contributed by atoms with van der Waals surface area (Å²) in [5.41, 5.74) is 7.72. The fraction of sp³-hybridized carbons (Fsp3) is 0.286. The molecule has 1 heterocycles. The molecule has 9 nitrogen and oxygen atoms in total. The van der Waals surface area contributed by atoms with Gasteiger partial charge in [0.25, 0.3) is 0 Å². The third-order valence-electron chi connectivity index (χ3n) is 4.52. The van der Waals surface area contributed by atoms with Crippen molar-refractivity contribution < 1.29 is 23.8 Å². The van der Waals surface area contributed by atoms with E-state index in [2.05, 4.69) is 10.1 Å². The maximum atomic E-state index is 12.2. The number of anilines is 1. The lowest BCUT2D eigenvalue weighted by Crippen LogP contribution is -2.29. The maximum absolute atomic E-state index is 12.2. The Kier molecular flexibility index (Phi) is 6.74. The van der Waals surface area contributed by atoms with Crippen LogP contribution in [-0.4, -0.2) is 44.4 Å². The Hall–Kier alpha value is -3.75. The lowest BCUT2D eigenvalue weighted by atomic mass is 10.1. The van der Waals surface area contributed by atoms with Crippen molar-refractivity contribution in [2.75, 3.05) is 25.2 Å². The number of guanidine groups is 1. The van der Waals surface area contributed by atoms with E-state index in [0.717, 1.165) is 11.1 Å². The lowest BCUT2D eigenvalue weighted by Gasteiger charge is -2.14. The first-order valence-electron chi connectivity index (χ1n) is 9.38. The molecule has 1 aliphatic rings. The smallest absolute Gasteiger partial charge is 0.414 e. The molecule has 2 aromatic carbocycles. The molecule has 1 aliphatic heterocycles. The normalized spacial score (nSPS) is 15.4. The first-order valence-corrected chi connectivity index (χ1v) is 9.38. The third-order valence-corrected chi connectivity index (χ3v) is 4.52. The minimum atomic E-state index is -0.433. The van der Waals surface area contributed by atoms with Gasteiger partial charge in [0, 0.05) is 12.2 Å². The molecule has 30 heavy (non-hydrogen) atoms. The molecule has 158 valence electrons. The van der Waals surface area contributed by atoms with Crippen LogP contribution in [0.4, 0.5) is 10.5 Å². The van der Waals surface area contributed by atoms with Crippen LogP contribution in [-0.2, 0) is 27.2 Å². The minimum absolute atomic E-state index is 0.0964. The molecular formula is C21H24N4O5. The number of amides is 1. The number of cyclic esters (lactones) is 1. The SMILES string of the molecule is COC(=O)Cc1cccc(OCC2CN(c3ccc(CNC(=N)N)cc3)C(=O)O2)c1. The second-order valence-corrected chi connectivity index (χ2v) is 6.76. The fourth-order valence-corrected chi connectivity index (χ4v) is 2.98. The van der Waals surface area contributed by atoms with E-state index in [-0.39, 0.29) is 25.0 Å². The number of esters is 1. The highest BCUT2D eigenvalue weighted by molar-refractivity contribution is 5.89. The van der Waals surface area contributed by atoms with Gasteiger partial charge in [-0.25, -0.2) is 4.79 Å². The third kappa shape index (κ3) is 5.63. The average molecular weight is 412 g/mol. The van der Waals surface area contributed by atoms with Gasteiger partial charge in [0.05, 0.1) is 20.1 Å². The standard InChI is InChI=1S/C21H24N4O5/c1-28-19(26)10-15-3-2-4-17(9-15)29-13-18-12-25(21(27)30-18)16-7-5-14(6-8-16)11-24-20(22)23/h2-9,18H,10-13H2,1H3,(H4,22,23,24). The highest BCUT2D eigenvalue weighted by atomic mass is 16.6. The molecular weight excluding hydrogens is 388 g/mol. The van der Waals surface area contributed by atoms with E-state index >= 15 is 0 Å². The predicted molar refractivity (Wildman–Crippen MR) is 110 cm³/mol. The quantitative estimate of drug-likeness (QED) is 0.343. The summed E-state index contributed by atoms with van der Waals surface area (Å²) in [5.74, 6) is 0.171. The van der Waals surface area contributed by atoms with E-state index in [0.29, 0.717) is 24.5 Å². The molecule has 0 bridgehead atoms. The van der Waals surface area contributed by atoms with E-state index in [1.54, 1.807) is 23.1 Å². The lowest BCUT2D eigenvalue weighted by molar-refractivity contribution is -0.139. The maximum Gasteiger partial charge on any atom is 0.414 e. The van der Waals surface area contributed by atoms with Crippen LogP contribution >= 0.6 is 0 Å². The Morgan fingerprint density at radius 1 is 1.27 bits per heavy atom. The minimum Gasteiger partial charge on any atom is -0.490 e. The number of nitrogens with one attached hydrogen (secondary N) is 2. The molecule has 1 atom stereocenters. The number of ether oxygens (including phenoxy) is 3. The summed E-state index contributed by atoms with van der Waals surface area (Å²) in [6.07, 6.45) is -0.684. The zero-order valence-corrected chi connectivity index (χ0v) is 16.6. The van der Waals surface area contributed by atoms with Crippen LogP contribution < -0.4 is 20.7 Å². The van der Waals surface area contributed by atoms with Crippen LogP contribution in [0.2, 0.25) is 0 Å². The Morgan fingerprint density at radius 3 is 2.73 bits per heavy atom. The van der Waals surface area contributed by atoms with Crippen LogP contribution in [0, 0.1) is 5.41 Å². The van der Waals surface area contributed by atoms with Crippen molar-refractivity contribution >= 4 is 23.7 Å². The summed E-state index contributed by atoms with van der Waals surface area (Å²) < 4.78 is 15.8. The monoisotopic (exact) mass is 412 g/mol. The first-order chi connectivity index (χ1) is 14.4. The van der Waals surface area contributed by atoms with Gasteiger partial charge in [0.15, 0.2) is 12.1 Å². The van der Waals surface area contributed by atoms with Crippen molar-refractivity contribution in [3.05, 3.63) is 59.7 Å². The highest BCUT2D eigenvalue weighted by Crippen LogP contribution is 2.23. The molecule has 2 aromatic rings. The van der Waals surface area contributed by atoms with Crippen molar-refractivity contribution in [1.29, 1.82) is 5.41 Å². The first kappa shape index (κ1) is 21.0. The summed E-state index contributed by atoms with van der Waals surface area (Å²) >= 11 is 0. The number of carbonyl (C=O) groups is 2. The highest BCUT2D eigenvalue weighted by Gasteiger charge is 2.32. The molecule has 0 aliphatic carbocycles. The summed E-state index contributed by atoms with van der Waals surface area (Å²) in [7, 11) is 1.35. The van der Waals surface area contributed by atoms with Gasteiger partial charge in [-0.15, -0.1) is 0 Å². The number of nitrogens with two attached hydrogens (primary N) is 1. The van der Waals surface area contributed by atoms with Gasteiger partial charge in [-0.2, -0.15) is 0 Å². The number of rotatable bonds is 8. The van der Waals surface area contributed by atoms with Crippen molar-refractivity contribution in [1.82, 2.24) is 5.32 Å². The molecule has 3 rings (SSSR count). The van der Waals surface area contributed by atoms with E-state index < -0.39 is 12.2 Å². The van der Waals surface area contributed by atoms with Gasteiger partial charge >= 0.3 is 12.1 Å². The van der Waals surface area contributed by atoms with E-state index in [1.807, 2.05) is 30.3 Å². The second-order valence-electron chi connectivity index (χ2n) is 6.76. The zero-order chi connectivity index (χ0) is 21.5. The molecule has 1 amide bonds. The number of benzene rings is 2. The number of carbonyl (C=O) groups excluding carboxylic acids is 2. The van der Waals surface area contributed by atoms with Crippen molar-refractivity contribution in [3.63, 3.8) is 0 Å². The van der Waals surface area contributed by atoms with Crippen LogP contribution in [0.1, 0.15) is 11.1 Å². The Morgan fingerprint density at radius 2 is 2.03 bits per heavy atom. The van der Waals surface area contributed by atoms with Gasteiger partial charge in [0.2, 0.25) is 0 Å². The molecule has 4 N–H and O–H groups in total. The number of hydrogen-bond acceptors (Lipinski definition) is 6. The van der Waals surface area contributed by atoms with Crippen LogP contribution in [0.25, 0.3) is 0 Å². The van der Waals surface area contributed by atoms with Crippen LogP contribution in [0.5, 0.6) is 5.75 Å². The topological polar surface area (TPSA) is 127 Å². The number of nitrogens with zero attached hydrogens (tertiary/aromatic N) is 1. The number of hydrogen-bond donors (Lipinski definition) is 3. The summed E-state index contributed by atoms with van der Waals surface area (Å²) in [5, 5.41) is 9.92. The van der Waals surface area contributed by atoms with Crippen molar-refractivity contribution in [2.24, 2.45) is 5.73 Å². The van der Waals surface area contributed by atoms with Crippen LogP contribution in [0.3, 0.4) is 0 Å². The van der Waals surface area contributed by atoms with Gasteiger partial charge < -0.3 is 25.3 Å².